The van der Waals surface area contributed by atoms with E-state index < -0.39 is 0 Å². The molecule has 0 spiro atoms. The standard InChI is InChI=1S/C9H7N2OPS/c1-2-13-11-14-9-7-5-3-4-6-8(7)12-10-9/h1,3-6,11,13H. The van der Waals surface area contributed by atoms with Crippen molar-refractivity contribution in [2.75, 3.05) is 0 Å². The SMILES string of the molecule is C#CPNSc1noc2ccccc12. The zero-order chi connectivity index (χ0) is 9.80. The van der Waals surface area contributed by atoms with Gasteiger partial charge < -0.3 is 4.52 Å². The van der Waals surface area contributed by atoms with E-state index in [9.17, 15) is 0 Å². The molecule has 0 radical (unpaired) electrons. The Morgan fingerprint density at radius 2 is 2.36 bits per heavy atom. The molecule has 1 aromatic carbocycles. The van der Waals surface area contributed by atoms with Gasteiger partial charge in [0, 0.05) is 8.73 Å². The van der Waals surface area contributed by atoms with Gasteiger partial charge in [-0.1, -0.05) is 23.0 Å². The molecule has 70 valence electrons. The average molecular weight is 222 g/mol. The Morgan fingerprint density at radius 1 is 1.50 bits per heavy atom. The Morgan fingerprint density at radius 3 is 3.21 bits per heavy atom. The van der Waals surface area contributed by atoms with Gasteiger partial charge in [0.05, 0.1) is 5.39 Å². The van der Waals surface area contributed by atoms with Crippen LogP contribution in [0.1, 0.15) is 0 Å². The highest BCUT2D eigenvalue weighted by molar-refractivity contribution is 8.01. The quantitative estimate of drug-likeness (QED) is 0.375. The molecule has 0 saturated carbocycles. The third-order valence-corrected chi connectivity index (χ3v) is 3.06. The maximum atomic E-state index is 5.12. The Bertz CT molecular complexity index is 477. The van der Waals surface area contributed by atoms with E-state index in [4.69, 9.17) is 10.9 Å². The number of fused-ring (bicyclic) bond motifs is 1. The molecule has 1 heterocycles. The van der Waals surface area contributed by atoms with Crippen molar-refractivity contribution in [1.82, 2.24) is 9.65 Å². The molecule has 2 rings (SSSR count). The fourth-order valence-electron chi connectivity index (χ4n) is 1.04. The number of rotatable bonds is 3. The summed E-state index contributed by atoms with van der Waals surface area (Å²) in [5.41, 5.74) is 3.31. The molecule has 0 aliphatic carbocycles. The van der Waals surface area contributed by atoms with Crippen LogP contribution in [0.15, 0.2) is 33.8 Å². The fourth-order valence-corrected chi connectivity index (χ4v) is 2.22. The molecule has 0 aliphatic heterocycles. The first kappa shape index (κ1) is 9.54. The number of aromatic nitrogens is 1. The highest BCUT2D eigenvalue weighted by atomic mass is 32.2. The van der Waals surface area contributed by atoms with Crippen LogP contribution in [0.25, 0.3) is 11.0 Å². The van der Waals surface area contributed by atoms with Crippen LogP contribution in [0, 0.1) is 12.1 Å². The summed E-state index contributed by atoms with van der Waals surface area (Å²) in [5.74, 6) is 0. The summed E-state index contributed by atoms with van der Waals surface area (Å²) in [7, 11) is 0.283. The summed E-state index contributed by atoms with van der Waals surface area (Å²) in [5, 5.41) is 5.76. The minimum absolute atomic E-state index is 0.283. The van der Waals surface area contributed by atoms with Gasteiger partial charge in [-0.05, 0) is 24.1 Å². The lowest BCUT2D eigenvalue weighted by Crippen LogP contribution is -1.84. The molecular weight excluding hydrogens is 215 g/mol. The molecule has 1 unspecified atom stereocenters. The Labute approximate surface area is 87.6 Å². The summed E-state index contributed by atoms with van der Waals surface area (Å²) in [4.78, 5) is 0. The lowest BCUT2D eigenvalue weighted by Gasteiger charge is -1.93. The van der Waals surface area contributed by atoms with Gasteiger partial charge in [-0.2, -0.15) is 0 Å². The first-order valence-corrected chi connectivity index (χ1v) is 5.70. The van der Waals surface area contributed by atoms with Gasteiger partial charge in [-0.15, -0.1) is 6.42 Å². The molecule has 0 amide bonds. The molecule has 0 saturated heterocycles. The molecule has 0 fully saturated rings. The van der Waals surface area contributed by atoms with Crippen LogP contribution < -0.4 is 4.49 Å². The minimum Gasteiger partial charge on any atom is -0.355 e. The summed E-state index contributed by atoms with van der Waals surface area (Å²) >= 11 is 1.40. The van der Waals surface area contributed by atoms with E-state index in [2.05, 4.69) is 15.3 Å². The summed E-state index contributed by atoms with van der Waals surface area (Å²) < 4.78 is 8.14. The van der Waals surface area contributed by atoms with Crippen LogP contribution in [-0.2, 0) is 0 Å². The van der Waals surface area contributed by atoms with Gasteiger partial charge in [0.1, 0.15) is 0 Å². The zero-order valence-corrected chi connectivity index (χ0v) is 8.97. The molecule has 2 aromatic rings. The van der Waals surface area contributed by atoms with Crippen LogP contribution in [0.3, 0.4) is 0 Å². The van der Waals surface area contributed by atoms with E-state index in [1.165, 1.54) is 11.9 Å². The van der Waals surface area contributed by atoms with Crippen molar-refractivity contribution >= 4 is 31.6 Å². The lowest BCUT2D eigenvalue weighted by molar-refractivity contribution is 0.437. The van der Waals surface area contributed by atoms with Crippen molar-refractivity contribution < 1.29 is 4.52 Å². The number of terminal acetylenes is 1. The molecular formula is C9H7N2OPS. The van der Waals surface area contributed by atoms with E-state index in [0.29, 0.717) is 0 Å². The van der Waals surface area contributed by atoms with Crippen LogP contribution in [0.4, 0.5) is 0 Å². The number of nitrogens with zero attached hydrogens (tertiary/aromatic N) is 1. The number of para-hydroxylation sites is 1. The van der Waals surface area contributed by atoms with E-state index >= 15 is 0 Å². The van der Waals surface area contributed by atoms with E-state index in [-0.39, 0.29) is 8.73 Å². The summed E-state index contributed by atoms with van der Waals surface area (Å²) in [6.07, 6.45) is 5.12. The Kier molecular flexibility index (Phi) is 3.05. The second kappa shape index (κ2) is 4.47. The van der Waals surface area contributed by atoms with Crippen molar-refractivity contribution in [1.29, 1.82) is 0 Å². The first-order valence-electron chi connectivity index (χ1n) is 3.88. The van der Waals surface area contributed by atoms with Crippen LogP contribution in [0.5, 0.6) is 0 Å². The van der Waals surface area contributed by atoms with Gasteiger partial charge in [-0.25, -0.2) is 4.49 Å². The van der Waals surface area contributed by atoms with Gasteiger partial charge in [0.2, 0.25) is 0 Å². The molecule has 1 aromatic heterocycles. The second-order valence-electron chi connectivity index (χ2n) is 2.46. The second-order valence-corrected chi connectivity index (χ2v) is 4.40. The van der Waals surface area contributed by atoms with Crippen LogP contribution in [-0.4, -0.2) is 5.16 Å². The molecule has 0 bridgehead atoms. The third kappa shape index (κ3) is 1.91. The first-order chi connectivity index (χ1) is 6.92. The molecule has 1 atom stereocenters. The van der Waals surface area contributed by atoms with E-state index in [1.54, 1.807) is 0 Å². The van der Waals surface area contributed by atoms with Crippen LogP contribution >= 0.6 is 20.7 Å². The predicted molar refractivity (Wildman–Crippen MR) is 60.1 cm³/mol. The molecule has 5 heteroatoms. The molecule has 14 heavy (non-hydrogen) atoms. The monoisotopic (exact) mass is 222 g/mol. The smallest absolute Gasteiger partial charge is 0.168 e. The molecule has 1 N–H and O–H groups in total. The number of nitrogens with one attached hydrogen (secondary N) is 1. The highest BCUT2D eigenvalue weighted by Crippen LogP contribution is 2.26. The number of hydrogen-bond acceptors (Lipinski definition) is 4. The summed E-state index contributed by atoms with van der Waals surface area (Å²) in [6, 6.07) is 7.72. The van der Waals surface area contributed by atoms with E-state index in [1.807, 2.05) is 24.3 Å². The van der Waals surface area contributed by atoms with Gasteiger partial charge in [0.15, 0.2) is 10.6 Å². The van der Waals surface area contributed by atoms with Crippen molar-refractivity contribution in [3.05, 3.63) is 24.3 Å². The Hall–Kier alpha value is -1.01. The van der Waals surface area contributed by atoms with Crippen LogP contribution in [0.2, 0.25) is 0 Å². The maximum Gasteiger partial charge on any atom is 0.168 e. The van der Waals surface area contributed by atoms with Gasteiger partial charge in [-0.3, -0.25) is 0 Å². The number of benzene rings is 1. The maximum absolute atomic E-state index is 5.12. The van der Waals surface area contributed by atoms with E-state index in [0.717, 1.165) is 16.0 Å². The minimum atomic E-state index is 0.283. The normalized spacial score (nSPS) is 11.1. The average Bonchev–Trinajstić information content (AvgIpc) is 2.63. The third-order valence-electron chi connectivity index (χ3n) is 1.62. The lowest BCUT2D eigenvalue weighted by atomic mass is 10.3. The largest absolute Gasteiger partial charge is 0.355 e. The van der Waals surface area contributed by atoms with Crippen molar-refractivity contribution in [2.45, 2.75) is 5.03 Å². The summed E-state index contributed by atoms with van der Waals surface area (Å²) in [6.45, 7) is 0. The molecule has 0 aliphatic rings. The van der Waals surface area contributed by atoms with Gasteiger partial charge in [0.25, 0.3) is 0 Å². The predicted octanol–water partition coefficient (Wildman–Crippen LogP) is 2.61. The fraction of sp³-hybridized carbons (Fsp3) is 0. The number of hydrogen-bond donors (Lipinski definition) is 1. The zero-order valence-electron chi connectivity index (χ0n) is 7.15. The Balaban J connectivity index is 2.22. The van der Waals surface area contributed by atoms with Crippen molar-refractivity contribution in [3.63, 3.8) is 0 Å². The van der Waals surface area contributed by atoms with Crippen molar-refractivity contribution in [2.24, 2.45) is 0 Å². The van der Waals surface area contributed by atoms with Crippen molar-refractivity contribution in [3.8, 4) is 12.1 Å². The topological polar surface area (TPSA) is 38.1 Å². The molecule has 3 nitrogen and oxygen atoms in total. The van der Waals surface area contributed by atoms with Gasteiger partial charge >= 0.3 is 0 Å². The highest BCUT2D eigenvalue weighted by Gasteiger charge is 2.06.